The molecule has 0 aromatic rings. The van der Waals surface area contributed by atoms with Gasteiger partial charge in [0.25, 0.3) is 0 Å². The normalized spacial score (nSPS) is 29.1. The second-order valence-electron chi connectivity index (χ2n) is 5.77. The lowest BCUT2D eigenvalue weighted by molar-refractivity contribution is 0.0387. The molecule has 0 saturated heterocycles. The first-order valence-electron chi connectivity index (χ1n) is 6.51. The predicted octanol–water partition coefficient (Wildman–Crippen LogP) is 1.53. The molecule has 0 bridgehead atoms. The van der Waals surface area contributed by atoms with Crippen LogP contribution in [-0.4, -0.2) is 35.0 Å². The summed E-state index contributed by atoms with van der Waals surface area (Å²) in [6, 6.07) is 0.0915. The van der Waals surface area contributed by atoms with Crippen molar-refractivity contribution in [3.63, 3.8) is 0 Å². The van der Waals surface area contributed by atoms with Crippen LogP contribution in [0.15, 0.2) is 0 Å². The van der Waals surface area contributed by atoms with E-state index in [9.17, 15) is 10.2 Å². The molecule has 0 aliphatic heterocycles. The zero-order chi connectivity index (χ0) is 12.2. The predicted molar refractivity (Wildman–Crippen MR) is 66.3 cm³/mol. The number of nitrogens with one attached hydrogen (secondary N) is 1. The van der Waals surface area contributed by atoms with Crippen molar-refractivity contribution >= 4 is 0 Å². The fraction of sp³-hybridized carbons (Fsp3) is 1.00. The lowest BCUT2D eigenvalue weighted by Gasteiger charge is -2.33. The molecule has 3 atom stereocenters. The van der Waals surface area contributed by atoms with E-state index >= 15 is 0 Å². The van der Waals surface area contributed by atoms with E-state index in [2.05, 4.69) is 5.32 Å². The van der Waals surface area contributed by atoms with E-state index in [1.54, 1.807) is 0 Å². The van der Waals surface area contributed by atoms with Crippen LogP contribution >= 0.6 is 0 Å². The molecule has 16 heavy (non-hydrogen) atoms. The Morgan fingerprint density at radius 1 is 1.25 bits per heavy atom. The summed E-state index contributed by atoms with van der Waals surface area (Å²) in [5, 5.41) is 22.5. The van der Waals surface area contributed by atoms with Crippen LogP contribution in [0.1, 0.15) is 46.5 Å². The Labute approximate surface area is 99.3 Å². The second-order valence-corrected chi connectivity index (χ2v) is 5.77. The largest absolute Gasteiger partial charge is 0.396 e. The van der Waals surface area contributed by atoms with Crippen molar-refractivity contribution < 1.29 is 10.2 Å². The minimum absolute atomic E-state index is 0.0915. The molecule has 0 radical (unpaired) electrons. The summed E-state index contributed by atoms with van der Waals surface area (Å²) in [6.07, 6.45) is 4.89. The summed E-state index contributed by atoms with van der Waals surface area (Å²) >= 11 is 0. The molecule has 3 unspecified atom stereocenters. The van der Waals surface area contributed by atoms with Crippen LogP contribution in [-0.2, 0) is 0 Å². The average Bonchev–Trinajstić information content (AvgIpc) is 2.24. The SMILES string of the molecule is CC(NCC1CCCCC1CO)C(C)(C)O. The summed E-state index contributed by atoms with van der Waals surface area (Å²) in [4.78, 5) is 0. The van der Waals surface area contributed by atoms with Gasteiger partial charge in [-0.2, -0.15) is 0 Å². The van der Waals surface area contributed by atoms with Crippen LogP contribution in [0.5, 0.6) is 0 Å². The fourth-order valence-electron chi connectivity index (χ4n) is 2.37. The van der Waals surface area contributed by atoms with Crippen LogP contribution in [0.2, 0.25) is 0 Å². The van der Waals surface area contributed by atoms with Crippen molar-refractivity contribution in [1.29, 1.82) is 0 Å². The second kappa shape index (κ2) is 5.99. The van der Waals surface area contributed by atoms with Gasteiger partial charge in [0.1, 0.15) is 0 Å². The Balaban J connectivity index is 2.35. The van der Waals surface area contributed by atoms with Gasteiger partial charge in [-0.05, 0) is 52.0 Å². The van der Waals surface area contributed by atoms with Gasteiger partial charge >= 0.3 is 0 Å². The molecule has 3 heteroatoms. The Kier molecular flexibility index (Phi) is 5.22. The smallest absolute Gasteiger partial charge is 0.0741 e. The first kappa shape index (κ1) is 13.9. The van der Waals surface area contributed by atoms with Gasteiger partial charge in [0, 0.05) is 12.6 Å². The topological polar surface area (TPSA) is 52.5 Å². The van der Waals surface area contributed by atoms with E-state index in [0.29, 0.717) is 18.4 Å². The van der Waals surface area contributed by atoms with E-state index in [1.807, 2.05) is 20.8 Å². The van der Waals surface area contributed by atoms with Gasteiger partial charge < -0.3 is 15.5 Å². The maximum atomic E-state index is 9.83. The van der Waals surface area contributed by atoms with Crippen molar-refractivity contribution in [1.82, 2.24) is 5.32 Å². The Morgan fingerprint density at radius 3 is 2.31 bits per heavy atom. The van der Waals surface area contributed by atoms with Crippen LogP contribution in [0.4, 0.5) is 0 Å². The lowest BCUT2D eigenvalue weighted by atomic mass is 9.79. The Bertz CT molecular complexity index is 201. The number of rotatable bonds is 5. The monoisotopic (exact) mass is 229 g/mol. The van der Waals surface area contributed by atoms with E-state index in [1.165, 1.54) is 19.3 Å². The highest BCUT2D eigenvalue weighted by atomic mass is 16.3. The number of hydrogen-bond acceptors (Lipinski definition) is 3. The number of aliphatic hydroxyl groups is 2. The molecular weight excluding hydrogens is 202 g/mol. The van der Waals surface area contributed by atoms with Crippen LogP contribution in [0.25, 0.3) is 0 Å². The first-order valence-corrected chi connectivity index (χ1v) is 6.51. The minimum atomic E-state index is -0.677. The molecule has 0 amide bonds. The van der Waals surface area contributed by atoms with E-state index < -0.39 is 5.60 Å². The zero-order valence-electron chi connectivity index (χ0n) is 10.9. The number of hydrogen-bond donors (Lipinski definition) is 3. The molecule has 3 nitrogen and oxygen atoms in total. The third kappa shape index (κ3) is 4.04. The fourth-order valence-corrected chi connectivity index (χ4v) is 2.37. The molecule has 0 spiro atoms. The summed E-state index contributed by atoms with van der Waals surface area (Å²) in [7, 11) is 0. The number of aliphatic hydroxyl groups excluding tert-OH is 1. The molecule has 1 saturated carbocycles. The molecule has 1 rings (SSSR count). The first-order chi connectivity index (χ1) is 7.45. The summed E-state index contributed by atoms with van der Waals surface area (Å²) in [5.74, 6) is 1.03. The van der Waals surface area contributed by atoms with Gasteiger partial charge in [-0.15, -0.1) is 0 Å². The van der Waals surface area contributed by atoms with Crippen LogP contribution < -0.4 is 5.32 Å². The van der Waals surface area contributed by atoms with Gasteiger partial charge in [0.05, 0.1) is 5.60 Å². The zero-order valence-corrected chi connectivity index (χ0v) is 10.9. The maximum Gasteiger partial charge on any atom is 0.0741 e. The summed E-state index contributed by atoms with van der Waals surface area (Å²) < 4.78 is 0. The molecule has 3 N–H and O–H groups in total. The van der Waals surface area contributed by atoms with Gasteiger partial charge in [-0.1, -0.05) is 12.8 Å². The third-order valence-electron chi connectivity index (χ3n) is 4.05. The molecule has 1 aliphatic carbocycles. The molecule has 0 aromatic heterocycles. The van der Waals surface area contributed by atoms with E-state index in [-0.39, 0.29) is 6.04 Å². The van der Waals surface area contributed by atoms with E-state index in [0.717, 1.165) is 13.0 Å². The highest BCUT2D eigenvalue weighted by molar-refractivity contribution is 4.83. The van der Waals surface area contributed by atoms with Crippen molar-refractivity contribution in [2.45, 2.75) is 58.1 Å². The highest BCUT2D eigenvalue weighted by Crippen LogP contribution is 2.29. The van der Waals surface area contributed by atoms with Crippen molar-refractivity contribution in [3.8, 4) is 0 Å². The van der Waals surface area contributed by atoms with E-state index in [4.69, 9.17) is 0 Å². The maximum absolute atomic E-state index is 9.83. The summed E-state index contributed by atoms with van der Waals surface area (Å²) in [5.41, 5.74) is -0.677. The lowest BCUT2D eigenvalue weighted by Crippen LogP contribution is -2.47. The Morgan fingerprint density at radius 2 is 1.81 bits per heavy atom. The van der Waals surface area contributed by atoms with Crippen molar-refractivity contribution in [3.05, 3.63) is 0 Å². The molecule has 0 heterocycles. The Hall–Kier alpha value is -0.120. The van der Waals surface area contributed by atoms with Crippen LogP contribution in [0, 0.1) is 11.8 Å². The molecule has 1 aliphatic rings. The minimum Gasteiger partial charge on any atom is -0.396 e. The molecular formula is C13H27NO2. The average molecular weight is 229 g/mol. The van der Waals surface area contributed by atoms with Gasteiger partial charge in [-0.25, -0.2) is 0 Å². The standard InChI is InChI=1S/C13H27NO2/c1-10(13(2,3)16)14-8-11-6-4-5-7-12(11)9-15/h10-12,14-16H,4-9H2,1-3H3. The quantitative estimate of drug-likeness (QED) is 0.670. The van der Waals surface area contributed by atoms with Crippen molar-refractivity contribution in [2.75, 3.05) is 13.2 Å². The van der Waals surface area contributed by atoms with Gasteiger partial charge in [-0.3, -0.25) is 0 Å². The molecule has 0 aromatic carbocycles. The molecule has 96 valence electrons. The molecule has 1 fully saturated rings. The van der Waals surface area contributed by atoms with Gasteiger partial charge in [0.2, 0.25) is 0 Å². The summed E-state index contributed by atoms with van der Waals surface area (Å²) in [6.45, 7) is 6.89. The highest BCUT2D eigenvalue weighted by Gasteiger charge is 2.27. The van der Waals surface area contributed by atoms with Crippen molar-refractivity contribution in [2.24, 2.45) is 11.8 Å². The third-order valence-corrected chi connectivity index (χ3v) is 4.05. The van der Waals surface area contributed by atoms with Crippen LogP contribution in [0.3, 0.4) is 0 Å². The van der Waals surface area contributed by atoms with Gasteiger partial charge in [0.15, 0.2) is 0 Å².